The molecule has 0 aliphatic heterocycles. The first-order chi connectivity index (χ1) is 60.6. The molecule has 12 rings (SSSR count). The largest absolute Gasteiger partial charge is 0.507 e. The molecule has 0 aliphatic rings. The van der Waals surface area contributed by atoms with E-state index in [-0.39, 0.29) is 72.9 Å². The summed E-state index contributed by atoms with van der Waals surface area (Å²) in [5, 5.41) is 83.1. The summed E-state index contributed by atoms with van der Waals surface area (Å²) in [5.41, 5.74) is -3.77. The third-order valence-corrected chi connectivity index (χ3v) is 18.1. The van der Waals surface area contributed by atoms with Gasteiger partial charge < -0.3 is 103 Å². The summed E-state index contributed by atoms with van der Waals surface area (Å²) in [6.07, 6.45) is -0.312. The number of fused-ring (bicyclic) bond motifs is 4. The van der Waals surface area contributed by atoms with Gasteiger partial charge in [-0.05, 0) is 161 Å². The zero-order valence-electron chi connectivity index (χ0n) is 69.2. The van der Waals surface area contributed by atoms with Gasteiger partial charge in [-0.15, -0.1) is 0 Å². The first kappa shape index (κ1) is 103. The van der Waals surface area contributed by atoms with Crippen molar-refractivity contribution in [3.05, 3.63) is 263 Å². The highest BCUT2D eigenvalue weighted by Gasteiger charge is 2.28. The molecule has 676 valence electrons. The van der Waals surface area contributed by atoms with Gasteiger partial charge in [-0.3, -0.25) is 43.2 Å². The Morgan fingerprint density at radius 2 is 0.682 bits per heavy atom. The molecule has 0 saturated heterocycles. The number of aromatic carboxylic acids is 2. The van der Waals surface area contributed by atoms with Crippen LogP contribution in [0, 0.1) is 0 Å². The Morgan fingerprint density at radius 3 is 1.02 bits per heavy atom. The average Bonchev–Trinajstić information content (AvgIpc) is 0.725. The number of esters is 6. The van der Waals surface area contributed by atoms with E-state index < -0.39 is 170 Å². The number of carbonyl (C=O) groups is 12. The topological polar surface area (TPSA) is 579 Å². The van der Waals surface area contributed by atoms with Crippen molar-refractivity contribution >= 4 is 179 Å². The molecule has 11 N–H and O–H groups in total. The zero-order chi connectivity index (χ0) is 96.2. The lowest BCUT2D eigenvalue weighted by Gasteiger charge is -2.19. The van der Waals surface area contributed by atoms with Crippen LogP contribution in [0.25, 0.3) is 66.1 Å². The van der Waals surface area contributed by atoms with E-state index in [2.05, 4.69) is 88.6 Å². The van der Waals surface area contributed by atoms with Crippen LogP contribution >= 0.6 is 63.7 Å². The van der Waals surface area contributed by atoms with Crippen LogP contribution in [0.3, 0.4) is 0 Å². The summed E-state index contributed by atoms with van der Waals surface area (Å²) in [5.74, 6) is -12.5. The van der Waals surface area contributed by atoms with E-state index >= 15 is 0 Å². The van der Waals surface area contributed by atoms with Crippen molar-refractivity contribution in [2.24, 2.45) is 0 Å². The second kappa shape index (κ2) is 46.9. The Labute approximate surface area is 761 Å². The second-order valence-corrected chi connectivity index (χ2v) is 31.5. The van der Waals surface area contributed by atoms with E-state index in [4.69, 9.17) is 52.3 Å². The third kappa shape index (κ3) is 30.5. The minimum absolute atomic E-state index is 0.0385. The molecule has 0 saturated carbocycles. The van der Waals surface area contributed by atoms with Crippen LogP contribution in [0.1, 0.15) is 117 Å². The number of carbonyl (C=O) groups excluding carboxylic acids is 9. The fraction of sp³-hybridized carbons (Fsp3) is 0.182. The van der Waals surface area contributed by atoms with Crippen molar-refractivity contribution in [3.63, 3.8) is 0 Å². The number of amides is 3. The SMILES string of the molecule is CC(=O)Oc1cc(Br)ccc1C(=O)O.CC(C)(C)OC(=O)CNC(=O)c1c(O)c2ccc(-c3ccccc3)cc2oc1=O.CC(C)(C)OC(=O)CNC(=O)c1c(O)c2ccc(Br)cc2oc1=O.COC(=O)CC(=O)OC.COC(=O)c1c(O)c2ccc(Br)cc2oc1=O.O=C(O)CNC(=O)c1c(O)c2ccc(-c3ccccc3)cc2oc1=O.O=C(O)c1ccc(Br)cc1O. The molecular weight excluding hydrogens is 1960 g/mol. The molecule has 41 heteroatoms. The zero-order valence-corrected chi connectivity index (χ0v) is 75.5. The Morgan fingerprint density at radius 1 is 0.364 bits per heavy atom. The minimum atomic E-state index is -1.27. The maximum absolute atomic E-state index is 12.3. The van der Waals surface area contributed by atoms with Gasteiger partial charge in [0, 0.05) is 24.8 Å². The van der Waals surface area contributed by atoms with Crippen LogP contribution in [0.4, 0.5) is 0 Å². The number of aromatic hydroxyl groups is 5. The second-order valence-electron chi connectivity index (χ2n) is 27.8. The van der Waals surface area contributed by atoms with Crippen molar-refractivity contribution < 1.29 is 144 Å². The lowest BCUT2D eigenvalue weighted by molar-refractivity contribution is -0.154. The highest BCUT2D eigenvalue weighted by Crippen LogP contribution is 2.35. The van der Waals surface area contributed by atoms with Gasteiger partial charge in [0.15, 0.2) is 22.3 Å². The molecule has 12 aromatic rings. The molecule has 0 fully saturated rings. The molecular formula is C88H77Br4N3O34. The maximum Gasteiger partial charge on any atom is 0.354 e. The van der Waals surface area contributed by atoms with E-state index in [0.717, 1.165) is 29.4 Å². The molecule has 129 heavy (non-hydrogen) atoms. The standard InChI is InChI=1S/C22H21NO6.C18H13NO6.C16H16BrNO6.C11H7BrO5.C9H7BrO4.C7H5BrO3.C5H8O4/c1-22(2,3)29-17(24)12-23-20(26)18-19(25)15-10-9-14(11-16(15)28-21(18)27)13-7-5-4-6-8-13;20-14(21)9-19-17(23)15-16(22)12-7-6-11(8-13(12)25-18(15)24)10-4-2-1-3-5-10;1-16(2,3)24-11(19)7-18-14(21)12-13(20)9-5-4-8(17)6-10(9)23-15(12)22;1-16-10(14)8-9(13)6-3-2-5(12)4-7(6)17-11(8)15;1-5(11)14-8-4-6(10)2-3-7(8)9(12)13;8-4-1-2-5(7(10)11)6(9)3-4;1-8-4(6)3-5(7)9-2/h4-11,25H,12H2,1-3H3,(H,23,26);1-8,22H,9H2,(H,19,23)(H,20,21);4-6,20H,7H2,1-3H3,(H,18,21);2-4,13H,1H3;2-4H,1H3,(H,12,13);1-3,9H,(H,10,11);3H2,1-2H3. The minimum Gasteiger partial charge on any atom is -0.507 e. The van der Waals surface area contributed by atoms with E-state index in [1.54, 1.807) is 96.1 Å². The number of ether oxygens (including phenoxy) is 6. The number of hydrogen-bond donors (Lipinski definition) is 11. The van der Waals surface area contributed by atoms with Gasteiger partial charge in [0.1, 0.15) is 105 Å². The molecule has 0 aliphatic carbocycles. The molecule has 8 aromatic carbocycles. The maximum atomic E-state index is 12.3. The number of carboxylic acid groups (broad SMARTS) is 3. The number of hydrogen-bond acceptors (Lipinski definition) is 31. The van der Waals surface area contributed by atoms with E-state index in [9.17, 15) is 97.1 Å². The lowest BCUT2D eigenvalue weighted by atomic mass is 10.0. The molecule has 0 bridgehead atoms. The number of nitrogens with one attached hydrogen (secondary N) is 3. The molecule has 0 spiro atoms. The smallest absolute Gasteiger partial charge is 0.354 e. The van der Waals surface area contributed by atoms with Gasteiger partial charge in [-0.25, -0.2) is 33.6 Å². The number of carboxylic acids is 3. The van der Waals surface area contributed by atoms with E-state index in [0.29, 0.717) is 17.9 Å². The van der Waals surface area contributed by atoms with Gasteiger partial charge in [-0.2, -0.15) is 0 Å². The Kier molecular flexibility index (Phi) is 37.5. The predicted molar refractivity (Wildman–Crippen MR) is 474 cm³/mol. The Balaban J connectivity index is 0.000000239. The van der Waals surface area contributed by atoms with Crippen molar-refractivity contribution in [3.8, 4) is 56.8 Å². The highest BCUT2D eigenvalue weighted by atomic mass is 79.9. The predicted octanol–water partition coefficient (Wildman–Crippen LogP) is 13.2. The molecule has 3 amide bonds. The number of rotatable bonds is 17. The van der Waals surface area contributed by atoms with Gasteiger partial charge >= 0.3 is 76.2 Å². The van der Waals surface area contributed by atoms with Crippen LogP contribution in [-0.2, 0) is 52.5 Å². The summed E-state index contributed by atoms with van der Waals surface area (Å²) in [4.78, 5) is 182. The van der Waals surface area contributed by atoms with Crippen molar-refractivity contribution in [2.45, 2.75) is 66.1 Å². The van der Waals surface area contributed by atoms with Crippen LogP contribution in [0.15, 0.2) is 225 Å². The molecule has 0 atom stereocenters. The first-order valence-electron chi connectivity index (χ1n) is 36.8. The monoisotopic (exact) mass is 2040 g/mol. The van der Waals surface area contributed by atoms with Gasteiger partial charge in [-0.1, -0.05) is 137 Å². The summed E-state index contributed by atoms with van der Waals surface area (Å²) < 4.78 is 50.7. The summed E-state index contributed by atoms with van der Waals surface area (Å²) in [6, 6.07) is 46.5. The first-order valence-corrected chi connectivity index (χ1v) is 40.0. The van der Waals surface area contributed by atoms with Crippen LogP contribution in [0.2, 0.25) is 0 Å². The molecule has 0 radical (unpaired) electrons. The molecule has 4 heterocycles. The van der Waals surface area contributed by atoms with Gasteiger partial charge in [0.25, 0.3) is 17.7 Å². The van der Waals surface area contributed by atoms with Crippen molar-refractivity contribution in [1.82, 2.24) is 16.0 Å². The number of methoxy groups -OCH3 is 3. The fourth-order valence-electron chi connectivity index (χ4n) is 10.5. The quantitative estimate of drug-likeness (QED) is 0.0133. The number of benzene rings is 8. The fourth-order valence-corrected chi connectivity index (χ4v) is 11.9. The van der Waals surface area contributed by atoms with E-state index in [1.165, 1.54) is 75.7 Å². The van der Waals surface area contributed by atoms with Gasteiger partial charge in [0.2, 0.25) is 0 Å². The lowest BCUT2D eigenvalue weighted by Crippen LogP contribution is -2.36. The van der Waals surface area contributed by atoms with E-state index in [1.807, 2.05) is 66.0 Å². The normalized spacial score (nSPS) is 10.5. The van der Waals surface area contributed by atoms with Crippen LogP contribution in [0.5, 0.6) is 34.5 Å². The third-order valence-electron chi connectivity index (χ3n) is 16.1. The van der Waals surface area contributed by atoms with Crippen LogP contribution < -0.4 is 43.2 Å². The molecule has 37 nitrogen and oxygen atoms in total. The van der Waals surface area contributed by atoms with Crippen LogP contribution in [-0.4, -0.2) is 164 Å². The summed E-state index contributed by atoms with van der Waals surface area (Å²) in [7, 11) is 3.55. The number of aliphatic carboxylic acids is 1. The number of halogens is 4. The van der Waals surface area contributed by atoms with Crippen molar-refractivity contribution in [1.29, 1.82) is 0 Å². The molecule has 4 aromatic heterocycles. The van der Waals surface area contributed by atoms with Gasteiger partial charge in [0.05, 0.1) is 42.9 Å². The average molecular weight is 2040 g/mol. The Hall–Kier alpha value is -14.8. The summed E-state index contributed by atoms with van der Waals surface area (Å²) in [6.45, 7) is 9.81. The highest BCUT2D eigenvalue weighted by molar-refractivity contribution is 9.11. The number of phenols is 1. The molecule has 0 unspecified atom stereocenters. The summed E-state index contributed by atoms with van der Waals surface area (Å²) >= 11 is 12.7. The Bertz CT molecular complexity index is 6520. The van der Waals surface area contributed by atoms with Crippen molar-refractivity contribution in [2.75, 3.05) is 41.0 Å².